The number of carboxylic acids is 1. The van der Waals surface area contributed by atoms with Crippen molar-refractivity contribution >= 4 is 34.8 Å². The topological polar surface area (TPSA) is 61.4 Å². The number of thiocarbonyl (C=S) groups is 1. The molecule has 0 aliphatic carbocycles. The van der Waals surface area contributed by atoms with Crippen molar-refractivity contribution < 1.29 is 9.90 Å². The molecular formula is C15H21ClN2O2S. The fraction of sp³-hybridized carbons (Fsp3) is 0.467. The first-order valence-electron chi connectivity index (χ1n) is 6.91. The molecule has 2 rings (SSSR count). The summed E-state index contributed by atoms with van der Waals surface area (Å²) in [5.74, 6) is -1.29. The molecule has 0 saturated carbocycles. The molecule has 0 bridgehead atoms. The minimum absolute atomic E-state index is 0.288. The average molecular weight is 329 g/mol. The summed E-state index contributed by atoms with van der Waals surface area (Å²) in [6, 6.07) is 11.1. The molecule has 2 atom stereocenters. The summed E-state index contributed by atoms with van der Waals surface area (Å²) >= 11 is 10.2. The van der Waals surface area contributed by atoms with E-state index in [1.165, 1.54) is 12.0 Å². The normalized spacial score (nSPS) is 18.3. The van der Waals surface area contributed by atoms with Crippen LogP contribution in [0, 0.1) is 0 Å². The Morgan fingerprint density at radius 1 is 1.52 bits per heavy atom. The lowest BCUT2D eigenvalue weighted by Gasteiger charge is -2.20. The summed E-state index contributed by atoms with van der Waals surface area (Å²) in [4.78, 5) is 10.2. The Morgan fingerprint density at radius 2 is 2.14 bits per heavy atom. The average Bonchev–Trinajstić information content (AvgIpc) is 3.03. The third-order valence-electron chi connectivity index (χ3n) is 3.15. The van der Waals surface area contributed by atoms with Gasteiger partial charge in [-0.2, -0.15) is 0 Å². The van der Waals surface area contributed by atoms with Gasteiger partial charge in [0.25, 0.3) is 0 Å². The number of aliphatic carboxylic acids is 1. The van der Waals surface area contributed by atoms with Gasteiger partial charge in [-0.1, -0.05) is 42.5 Å². The largest absolute Gasteiger partial charge is 0.480 e. The Morgan fingerprint density at radius 3 is 2.62 bits per heavy atom. The Balaban J connectivity index is 0.000000383. The molecule has 0 amide bonds. The third-order valence-corrected chi connectivity index (χ3v) is 3.78. The highest BCUT2D eigenvalue weighted by atomic mass is 35.5. The van der Waals surface area contributed by atoms with Crippen molar-refractivity contribution in [2.24, 2.45) is 0 Å². The van der Waals surface area contributed by atoms with Gasteiger partial charge < -0.3 is 15.7 Å². The summed E-state index contributed by atoms with van der Waals surface area (Å²) in [6.45, 7) is 3.24. The van der Waals surface area contributed by atoms with Crippen LogP contribution in [-0.4, -0.2) is 34.5 Å². The molecule has 0 radical (unpaired) electrons. The maximum absolute atomic E-state index is 9.24. The zero-order valence-electron chi connectivity index (χ0n) is 12.0. The highest BCUT2D eigenvalue weighted by molar-refractivity contribution is 7.80. The maximum atomic E-state index is 9.24. The molecule has 4 nitrogen and oxygen atoms in total. The van der Waals surface area contributed by atoms with Gasteiger partial charge in [0.15, 0.2) is 0 Å². The molecule has 6 heteroatoms. The van der Waals surface area contributed by atoms with Gasteiger partial charge in [-0.05, 0) is 31.9 Å². The number of rotatable bonds is 4. The molecule has 0 spiro atoms. The molecule has 1 fully saturated rings. The number of alkyl halides is 1. The zero-order chi connectivity index (χ0) is 15.7. The standard InChI is InChI=1S/C13H18N2S.C2H3ClO2/c1-10(11-6-3-2-4-7-11)15-13(16)12-8-5-9-14-12;3-1-2(4)5/h2-4,6-7,10,12,14H,5,8-9H2,1H3,(H,15,16);1H2,(H,4,5)/t10-,12+;/m1./s1. The monoisotopic (exact) mass is 328 g/mol. The van der Waals surface area contributed by atoms with E-state index < -0.39 is 5.97 Å². The van der Waals surface area contributed by atoms with Gasteiger partial charge in [0.05, 0.1) is 11.0 Å². The quantitative estimate of drug-likeness (QED) is 0.586. The van der Waals surface area contributed by atoms with E-state index in [-0.39, 0.29) is 11.9 Å². The van der Waals surface area contributed by atoms with Crippen LogP contribution in [0.25, 0.3) is 0 Å². The lowest BCUT2D eigenvalue weighted by molar-refractivity contribution is -0.134. The first-order valence-corrected chi connectivity index (χ1v) is 7.85. The van der Waals surface area contributed by atoms with Crippen LogP contribution in [-0.2, 0) is 4.79 Å². The second-order valence-corrected chi connectivity index (χ2v) is 5.52. The molecule has 116 valence electrons. The number of nitrogens with one attached hydrogen (secondary N) is 2. The highest BCUT2D eigenvalue weighted by Crippen LogP contribution is 2.13. The van der Waals surface area contributed by atoms with Crippen LogP contribution >= 0.6 is 23.8 Å². The minimum atomic E-state index is -0.980. The molecule has 1 heterocycles. The van der Waals surface area contributed by atoms with E-state index >= 15 is 0 Å². The second kappa shape index (κ2) is 9.71. The molecule has 21 heavy (non-hydrogen) atoms. The van der Waals surface area contributed by atoms with E-state index in [0.29, 0.717) is 6.04 Å². The Labute approximate surface area is 135 Å². The number of halogens is 1. The number of carboxylic acid groups (broad SMARTS) is 1. The predicted octanol–water partition coefficient (Wildman–Crippen LogP) is 2.73. The van der Waals surface area contributed by atoms with Crippen molar-refractivity contribution in [3.05, 3.63) is 35.9 Å². The number of hydrogen-bond donors (Lipinski definition) is 3. The van der Waals surface area contributed by atoms with Crippen molar-refractivity contribution in [3.63, 3.8) is 0 Å². The molecule has 1 aromatic rings. The van der Waals surface area contributed by atoms with Gasteiger partial charge in [-0.3, -0.25) is 4.79 Å². The third kappa shape index (κ3) is 6.89. The lowest BCUT2D eigenvalue weighted by atomic mass is 10.1. The highest BCUT2D eigenvalue weighted by Gasteiger charge is 2.19. The van der Waals surface area contributed by atoms with Gasteiger partial charge in [0.1, 0.15) is 5.88 Å². The number of hydrogen-bond acceptors (Lipinski definition) is 3. The van der Waals surface area contributed by atoms with Crippen LogP contribution < -0.4 is 10.6 Å². The Kier molecular flexibility index (Phi) is 8.27. The molecule has 1 aliphatic rings. The SMILES string of the molecule is C[C@@H](NC(=S)[C@@H]1CCCN1)c1ccccc1.O=C(O)CCl. The molecule has 0 unspecified atom stereocenters. The summed E-state index contributed by atoms with van der Waals surface area (Å²) in [6.07, 6.45) is 2.39. The number of carbonyl (C=O) groups is 1. The summed E-state index contributed by atoms with van der Waals surface area (Å²) in [7, 11) is 0. The van der Waals surface area contributed by atoms with E-state index in [1.807, 2.05) is 6.07 Å². The van der Waals surface area contributed by atoms with E-state index in [0.717, 1.165) is 18.0 Å². The first-order chi connectivity index (χ1) is 10.0. The molecule has 3 N–H and O–H groups in total. The smallest absolute Gasteiger partial charge is 0.318 e. The van der Waals surface area contributed by atoms with Crippen molar-refractivity contribution in [3.8, 4) is 0 Å². The first kappa shape index (κ1) is 17.9. The molecule has 1 saturated heterocycles. The summed E-state index contributed by atoms with van der Waals surface area (Å²) in [5.41, 5.74) is 1.28. The van der Waals surface area contributed by atoms with Gasteiger partial charge in [-0.15, -0.1) is 11.6 Å². The fourth-order valence-electron chi connectivity index (χ4n) is 2.05. The minimum Gasteiger partial charge on any atom is -0.480 e. The van der Waals surface area contributed by atoms with Gasteiger partial charge in [-0.25, -0.2) is 0 Å². The van der Waals surface area contributed by atoms with Crippen molar-refractivity contribution in [1.82, 2.24) is 10.6 Å². The maximum Gasteiger partial charge on any atom is 0.318 e. The Hall–Kier alpha value is -1.17. The predicted molar refractivity (Wildman–Crippen MR) is 90.0 cm³/mol. The van der Waals surface area contributed by atoms with Crippen molar-refractivity contribution in [1.29, 1.82) is 0 Å². The van der Waals surface area contributed by atoms with Crippen LogP contribution in [0.5, 0.6) is 0 Å². The molecule has 1 aliphatic heterocycles. The van der Waals surface area contributed by atoms with Crippen LogP contribution in [0.1, 0.15) is 31.4 Å². The van der Waals surface area contributed by atoms with Gasteiger partial charge in [0, 0.05) is 6.04 Å². The van der Waals surface area contributed by atoms with Crippen molar-refractivity contribution in [2.45, 2.75) is 31.8 Å². The Bertz CT molecular complexity index is 450. The van der Waals surface area contributed by atoms with Crippen LogP contribution in [0.2, 0.25) is 0 Å². The van der Waals surface area contributed by atoms with Crippen molar-refractivity contribution in [2.75, 3.05) is 12.4 Å². The van der Waals surface area contributed by atoms with E-state index in [4.69, 9.17) is 28.9 Å². The lowest BCUT2D eigenvalue weighted by Crippen LogP contribution is -2.40. The zero-order valence-corrected chi connectivity index (χ0v) is 13.6. The molecular weight excluding hydrogens is 308 g/mol. The van der Waals surface area contributed by atoms with E-state index in [1.54, 1.807) is 0 Å². The van der Waals surface area contributed by atoms with Crippen LogP contribution in [0.3, 0.4) is 0 Å². The van der Waals surface area contributed by atoms with Gasteiger partial charge in [0.2, 0.25) is 0 Å². The van der Waals surface area contributed by atoms with Gasteiger partial charge >= 0.3 is 5.97 Å². The van der Waals surface area contributed by atoms with E-state index in [9.17, 15) is 4.79 Å². The van der Waals surface area contributed by atoms with E-state index in [2.05, 4.69) is 41.8 Å². The fourth-order valence-corrected chi connectivity index (χ4v) is 2.43. The second-order valence-electron chi connectivity index (χ2n) is 4.82. The summed E-state index contributed by atoms with van der Waals surface area (Å²) < 4.78 is 0. The van der Waals surface area contributed by atoms with Crippen LogP contribution in [0.15, 0.2) is 30.3 Å². The summed E-state index contributed by atoms with van der Waals surface area (Å²) in [5, 5.41) is 14.4. The number of benzene rings is 1. The van der Waals surface area contributed by atoms with Crippen LogP contribution in [0.4, 0.5) is 0 Å². The molecule has 1 aromatic carbocycles. The molecule has 0 aromatic heterocycles.